The number of oxazole rings is 1. The van der Waals surface area contributed by atoms with Crippen molar-refractivity contribution in [3.05, 3.63) is 72.8 Å². The molecule has 0 aliphatic carbocycles. The van der Waals surface area contributed by atoms with Crippen molar-refractivity contribution in [2.45, 2.75) is 0 Å². The molecule has 0 saturated carbocycles. The molecule has 0 spiro atoms. The van der Waals surface area contributed by atoms with Crippen LogP contribution in [-0.4, -0.2) is 4.98 Å². The van der Waals surface area contributed by atoms with Gasteiger partial charge in [-0.25, -0.2) is 4.98 Å². The third kappa shape index (κ3) is 1.84. The minimum atomic E-state index is 0.642. The second-order valence-electron chi connectivity index (χ2n) is 4.94. The Morgan fingerprint density at radius 2 is 1.71 bits per heavy atom. The van der Waals surface area contributed by atoms with Gasteiger partial charge in [0.05, 0.1) is 5.56 Å². The molecule has 0 aliphatic rings. The van der Waals surface area contributed by atoms with Gasteiger partial charge in [0, 0.05) is 0 Å². The molecule has 0 unspecified atom stereocenters. The van der Waals surface area contributed by atoms with Crippen LogP contribution < -0.4 is 0 Å². The van der Waals surface area contributed by atoms with Crippen molar-refractivity contribution < 1.29 is 4.42 Å². The summed E-state index contributed by atoms with van der Waals surface area (Å²) in [7, 11) is 0. The van der Waals surface area contributed by atoms with E-state index in [0.717, 1.165) is 27.6 Å². The van der Waals surface area contributed by atoms with E-state index in [2.05, 4.69) is 35.8 Å². The summed E-state index contributed by atoms with van der Waals surface area (Å²) < 4.78 is 5.95. The highest BCUT2D eigenvalue weighted by Crippen LogP contribution is 2.34. The molecule has 1 heterocycles. The number of nitrogens with zero attached hydrogens (tertiary/aromatic N) is 1. The first kappa shape index (κ1) is 11.9. The van der Waals surface area contributed by atoms with Crippen LogP contribution in [0.2, 0.25) is 0 Å². The SMILES string of the molecule is C=Cc1ccc2ccccc2c1-c1nc2ccccc2o1. The van der Waals surface area contributed by atoms with Crippen LogP contribution in [0.4, 0.5) is 0 Å². The zero-order valence-corrected chi connectivity index (χ0v) is 11.4. The third-order valence-electron chi connectivity index (χ3n) is 3.69. The molecule has 0 bridgehead atoms. The van der Waals surface area contributed by atoms with Crippen molar-refractivity contribution in [2.24, 2.45) is 0 Å². The molecular weight excluding hydrogens is 258 g/mol. The highest BCUT2D eigenvalue weighted by Gasteiger charge is 2.14. The summed E-state index contributed by atoms with van der Waals surface area (Å²) >= 11 is 0. The van der Waals surface area contributed by atoms with Crippen LogP contribution in [0, 0.1) is 0 Å². The van der Waals surface area contributed by atoms with Gasteiger partial charge in [0.25, 0.3) is 0 Å². The number of hydrogen-bond donors (Lipinski definition) is 0. The molecule has 0 atom stereocenters. The smallest absolute Gasteiger partial charge is 0.228 e. The molecule has 0 N–H and O–H groups in total. The predicted octanol–water partition coefficient (Wildman–Crippen LogP) is 5.29. The van der Waals surface area contributed by atoms with Crippen molar-refractivity contribution in [1.29, 1.82) is 0 Å². The summed E-state index contributed by atoms with van der Waals surface area (Å²) in [4.78, 5) is 4.63. The lowest BCUT2D eigenvalue weighted by atomic mass is 9.99. The second kappa shape index (κ2) is 4.60. The van der Waals surface area contributed by atoms with E-state index in [1.807, 2.05) is 42.5 Å². The minimum Gasteiger partial charge on any atom is -0.436 e. The van der Waals surface area contributed by atoms with Gasteiger partial charge in [-0.3, -0.25) is 0 Å². The standard InChI is InChI=1S/C19H13NO/c1-2-13-11-12-14-7-3-4-8-15(14)18(13)19-20-16-9-5-6-10-17(16)21-19/h2-12H,1H2. The summed E-state index contributed by atoms with van der Waals surface area (Å²) in [5, 5.41) is 2.29. The molecule has 2 nitrogen and oxygen atoms in total. The molecule has 4 rings (SSSR count). The van der Waals surface area contributed by atoms with E-state index in [4.69, 9.17) is 4.42 Å². The van der Waals surface area contributed by atoms with Crippen molar-refractivity contribution in [3.63, 3.8) is 0 Å². The first-order chi connectivity index (χ1) is 10.4. The van der Waals surface area contributed by atoms with E-state index in [9.17, 15) is 0 Å². The van der Waals surface area contributed by atoms with Crippen molar-refractivity contribution in [3.8, 4) is 11.5 Å². The fraction of sp³-hybridized carbons (Fsp3) is 0. The number of fused-ring (bicyclic) bond motifs is 2. The van der Waals surface area contributed by atoms with E-state index in [1.165, 1.54) is 5.39 Å². The number of rotatable bonds is 2. The summed E-state index contributed by atoms with van der Waals surface area (Å²) in [6.07, 6.45) is 1.84. The first-order valence-electron chi connectivity index (χ1n) is 6.87. The molecule has 0 aliphatic heterocycles. The lowest BCUT2D eigenvalue weighted by Crippen LogP contribution is -1.86. The second-order valence-corrected chi connectivity index (χ2v) is 4.94. The monoisotopic (exact) mass is 271 g/mol. The first-order valence-corrected chi connectivity index (χ1v) is 6.87. The molecule has 0 radical (unpaired) electrons. The number of benzene rings is 3. The third-order valence-corrected chi connectivity index (χ3v) is 3.69. The fourth-order valence-electron chi connectivity index (χ4n) is 2.68. The Balaban J connectivity index is 2.10. The van der Waals surface area contributed by atoms with Gasteiger partial charge in [0.1, 0.15) is 5.52 Å². The maximum absolute atomic E-state index is 5.95. The molecule has 1 aromatic heterocycles. The average Bonchev–Trinajstić information content (AvgIpc) is 2.97. The molecule has 4 aromatic rings. The van der Waals surface area contributed by atoms with Gasteiger partial charge >= 0.3 is 0 Å². The highest BCUT2D eigenvalue weighted by molar-refractivity contribution is 5.99. The maximum atomic E-state index is 5.95. The Kier molecular flexibility index (Phi) is 2.61. The summed E-state index contributed by atoms with van der Waals surface area (Å²) in [6.45, 7) is 3.91. The van der Waals surface area contributed by atoms with E-state index in [1.54, 1.807) is 0 Å². The zero-order valence-electron chi connectivity index (χ0n) is 11.4. The van der Waals surface area contributed by atoms with Gasteiger partial charge in [-0.05, 0) is 28.5 Å². The largest absolute Gasteiger partial charge is 0.436 e. The summed E-state index contributed by atoms with van der Waals surface area (Å²) in [5.74, 6) is 0.642. The summed E-state index contributed by atoms with van der Waals surface area (Å²) in [6, 6.07) is 20.2. The molecule has 3 aromatic carbocycles. The van der Waals surface area contributed by atoms with Gasteiger partial charge < -0.3 is 4.42 Å². The number of para-hydroxylation sites is 2. The fourth-order valence-corrected chi connectivity index (χ4v) is 2.68. The van der Waals surface area contributed by atoms with Crippen molar-refractivity contribution in [2.75, 3.05) is 0 Å². The Hall–Kier alpha value is -2.87. The quantitative estimate of drug-likeness (QED) is 0.495. The van der Waals surface area contributed by atoms with Gasteiger partial charge in [0.15, 0.2) is 5.58 Å². The Bertz CT molecular complexity index is 933. The number of hydrogen-bond acceptors (Lipinski definition) is 2. The lowest BCUT2D eigenvalue weighted by Gasteiger charge is -2.07. The molecule has 0 saturated heterocycles. The van der Waals surface area contributed by atoms with Gasteiger partial charge in [0.2, 0.25) is 5.89 Å². The zero-order chi connectivity index (χ0) is 14.2. The Labute approximate surface area is 122 Å². The molecule has 2 heteroatoms. The Morgan fingerprint density at radius 1 is 0.905 bits per heavy atom. The van der Waals surface area contributed by atoms with Crippen LogP contribution in [0.5, 0.6) is 0 Å². The molecule has 100 valence electrons. The molecule has 0 amide bonds. The Morgan fingerprint density at radius 3 is 2.57 bits per heavy atom. The van der Waals surface area contributed by atoms with Crippen molar-refractivity contribution >= 4 is 27.9 Å². The maximum Gasteiger partial charge on any atom is 0.228 e. The van der Waals surface area contributed by atoms with Crippen molar-refractivity contribution in [1.82, 2.24) is 4.98 Å². The molecule has 21 heavy (non-hydrogen) atoms. The normalized spacial score (nSPS) is 11.0. The van der Waals surface area contributed by atoms with Gasteiger partial charge in [-0.15, -0.1) is 0 Å². The van der Waals surface area contributed by atoms with Crippen LogP contribution in [-0.2, 0) is 0 Å². The van der Waals surface area contributed by atoms with Gasteiger partial charge in [-0.1, -0.05) is 61.2 Å². The summed E-state index contributed by atoms with van der Waals surface area (Å²) in [5.41, 5.74) is 3.70. The highest BCUT2D eigenvalue weighted by atomic mass is 16.3. The minimum absolute atomic E-state index is 0.642. The molecular formula is C19H13NO. The average molecular weight is 271 g/mol. The van der Waals surface area contributed by atoms with Crippen LogP contribution in [0.15, 0.2) is 71.7 Å². The van der Waals surface area contributed by atoms with E-state index in [0.29, 0.717) is 5.89 Å². The predicted molar refractivity (Wildman–Crippen MR) is 87.0 cm³/mol. The topological polar surface area (TPSA) is 26.0 Å². The van der Waals surface area contributed by atoms with Gasteiger partial charge in [-0.2, -0.15) is 0 Å². The van der Waals surface area contributed by atoms with Crippen LogP contribution >= 0.6 is 0 Å². The van der Waals surface area contributed by atoms with Crippen LogP contribution in [0.3, 0.4) is 0 Å². The van der Waals surface area contributed by atoms with E-state index in [-0.39, 0.29) is 0 Å². The lowest BCUT2D eigenvalue weighted by molar-refractivity contribution is 0.620. The molecule has 0 fully saturated rings. The van der Waals surface area contributed by atoms with E-state index < -0.39 is 0 Å². The van der Waals surface area contributed by atoms with Crippen LogP contribution in [0.25, 0.3) is 39.4 Å². The van der Waals surface area contributed by atoms with Crippen LogP contribution in [0.1, 0.15) is 5.56 Å². The van der Waals surface area contributed by atoms with E-state index >= 15 is 0 Å². The number of aromatic nitrogens is 1.